The molecule has 1 unspecified atom stereocenters. The third kappa shape index (κ3) is 4.49. The van der Waals surface area contributed by atoms with Crippen molar-refractivity contribution in [1.29, 1.82) is 0 Å². The molecule has 0 fully saturated rings. The molecule has 0 aromatic heterocycles. The Hall–Kier alpha value is -1.58. The molecule has 1 N–H and O–H groups in total. The van der Waals surface area contributed by atoms with E-state index in [2.05, 4.69) is 5.32 Å². The number of alkyl halides is 6. The summed E-state index contributed by atoms with van der Waals surface area (Å²) in [5, 5.41) is 2.29. The number of anilines is 1. The van der Waals surface area contributed by atoms with E-state index in [-0.39, 0.29) is 11.4 Å². The highest BCUT2D eigenvalue weighted by atomic mass is 32.2. The van der Waals surface area contributed by atoms with Crippen LogP contribution in [0.25, 0.3) is 0 Å². The number of hydrogen-bond acceptors (Lipinski definition) is 3. The summed E-state index contributed by atoms with van der Waals surface area (Å²) < 4.78 is 80.7. The van der Waals surface area contributed by atoms with Crippen molar-refractivity contribution in [3.8, 4) is 5.75 Å². The van der Waals surface area contributed by atoms with Crippen LogP contribution in [0.1, 0.15) is 18.4 Å². The molecular formula is C14H13F6NO2S. The van der Waals surface area contributed by atoms with Crippen molar-refractivity contribution in [3.63, 3.8) is 0 Å². The lowest BCUT2D eigenvalue weighted by atomic mass is 10.0. The number of rotatable bonds is 3. The van der Waals surface area contributed by atoms with Crippen LogP contribution in [-0.2, 0) is 11.0 Å². The average molecular weight is 373 g/mol. The van der Waals surface area contributed by atoms with Crippen LogP contribution < -0.4 is 10.1 Å². The SMILES string of the molecule is COc1cc2c(cc1C(F)(F)F)NC(=O)C(CCC(F)(F)F)CS2. The molecule has 1 amide bonds. The number of amides is 1. The van der Waals surface area contributed by atoms with E-state index in [1.807, 2.05) is 0 Å². The number of carbonyl (C=O) groups excluding carboxylic acids is 1. The van der Waals surface area contributed by atoms with E-state index in [1.54, 1.807) is 0 Å². The zero-order valence-electron chi connectivity index (χ0n) is 12.3. The lowest BCUT2D eigenvalue weighted by Crippen LogP contribution is -2.25. The lowest BCUT2D eigenvalue weighted by molar-refractivity contribution is -0.140. The molecule has 1 aromatic rings. The fraction of sp³-hybridized carbons (Fsp3) is 0.500. The standard InChI is InChI=1S/C14H13F6NO2S/c1-23-10-5-11-9(4-8(10)14(18,19)20)21-12(22)7(6-24-11)2-3-13(15,16)17/h4-5,7H,2-3,6H2,1H3,(H,21,22). The van der Waals surface area contributed by atoms with Gasteiger partial charge in [0.2, 0.25) is 5.91 Å². The maximum Gasteiger partial charge on any atom is 0.420 e. The highest BCUT2D eigenvalue weighted by molar-refractivity contribution is 7.99. The molecule has 2 rings (SSSR count). The summed E-state index contributed by atoms with van der Waals surface area (Å²) in [5.41, 5.74) is -1.13. The van der Waals surface area contributed by atoms with Crippen LogP contribution in [0.2, 0.25) is 0 Å². The number of nitrogens with one attached hydrogen (secondary N) is 1. The number of carbonyl (C=O) groups is 1. The molecule has 134 valence electrons. The van der Waals surface area contributed by atoms with E-state index in [9.17, 15) is 31.1 Å². The maximum atomic E-state index is 13.0. The summed E-state index contributed by atoms with van der Waals surface area (Å²) in [7, 11) is 1.09. The number of ether oxygens (including phenoxy) is 1. The Morgan fingerprint density at radius 2 is 1.92 bits per heavy atom. The van der Waals surface area contributed by atoms with Crippen LogP contribution in [0, 0.1) is 5.92 Å². The summed E-state index contributed by atoms with van der Waals surface area (Å²) in [6, 6.07) is 1.88. The zero-order valence-corrected chi connectivity index (χ0v) is 13.2. The monoisotopic (exact) mass is 373 g/mol. The first-order chi connectivity index (χ1) is 11.0. The summed E-state index contributed by atoms with van der Waals surface area (Å²) >= 11 is 1.02. The molecule has 1 aromatic carbocycles. The first-order valence-electron chi connectivity index (χ1n) is 6.81. The summed E-state index contributed by atoms with van der Waals surface area (Å²) in [6.45, 7) is 0. The molecule has 1 heterocycles. The van der Waals surface area contributed by atoms with Gasteiger partial charge in [-0.25, -0.2) is 0 Å². The van der Waals surface area contributed by atoms with Crippen LogP contribution >= 0.6 is 11.8 Å². The van der Waals surface area contributed by atoms with E-state index >= 15 is 0 Å². The van der Waals surface area contributed by atoms with Gasteiger partial charge in [0, 0.05) is 23.0 Å². The second-order valence-corrected chi connectivity index (χ2v) is 6.26. The highest BCUT2D eigenvalue weighted by Crippen LogP contribution is 2.44. The van der Waals surface area contributed by atoms with E-state index in [4.69, 9.17) is 4.74 Å². The Balaban J connectivity index is 2.27. The van der Waals surface area contributed by atoms with Gasteiger partial charge in [-0.05, 0) is 18.6 Å². The van der Waals surface area contributed by atoms with E-state index < -0.39 is 48.3 Å². The van der Waals surface area contributed by atoms with Gasteiger partial charge in [0.15, 0.2) is 0 Å². The molecule has 1 aliphatic rings. The summed E-state index contributed by atoms with van der Waals surface area (Å²) in [6.07, 6.45) is -10.6. The molecule has 24 heavy (non-hydrogen) atoms. The number of fused-ring (bicyclic) bond motifs is 1. The molecule has 10 heteroatoms. The van der Waals surface area contributed by atoms with Crippen molar-refractivity contribution in [2.24, 2.45) is 5.92 Å². The van der Waals surface area contributed by atoms with Gasteiger partial charge in [-0.15, -0.1) is 11.8 Å². The smallest absolute Gasteiger partial charge is 0.420 e. The summed E-state index contributed by atoms with van der Waals surface area (Å²) in [4.78, 5) is 12.3. The molecule has 0 spiro atoms. The van der Waals surface area contributed by atoms with Crippen molar-refractivity contribution in [2.75, 3.05) is 18.2 Å². The average Bonchev–Trinajstić information content (AvgIpc) is 2.60. The predicted molar refractivity (Wildman–Crippen MR) is 76.1 cm³/mol. The molecule has 1 atom stereocenters. The second kappa shape index (κ2) is 6.73. The molecule has 0 saturated heterocycles. The van der Waals surface area contributed by atoms with Gasteiger partial charge >= 0.3 is 12.4 Å². The Bertz CT molecular complexity index is 629. The van der Waals surface area contributed by atoms with Crippen molar-refractivity contribution < 1.29 is 35.9 Å². The van der Waals surface area contributed by atoms with E-state index in [1.165, 1.54) is 0 Å². The number of hydrogen-bond donors (Lipinski definition) is 1. The minimum absolute atomic E-state index is 0.0451. The largest absolute Gasteiger partial charge is 0.496 e. The highest BCUT2D eigenvalue weighted by Gasteiger charge is 2.37. The third-order valence-corrected chi connectivity index (χ3v) is 4.67. The lowest BCUT2D eigenvalue weighted by Gasteiger charge is -2.16. The van der Waals surface area contributed by atoms with Gasteiger partial charge in [0.1, 0.15) is 5.75 Å². The summed E-state index contributed by atoms with van der Waals surface area (Å²) in [5.74, 6) is -2.02. The topological polar surface area (TPSA) is 38.3 Å². The number of methoxy groups -OCH3 is 1. The van der Waals surface area contributed by atoms with Gasteiger partial charge in [-0.3, -0.25) is 4.79 Å². The van der Waals surface area contributed by atoms with Crippen molar-refractivity contribution in [2.45, 2.75) is 30.1 Å². The van der Waals surface area contributed by atoms with Gasteiger partial charge in [-0.1, -0.05) is 0 Å². The molecule has 1 aliphatic heterocycles. The van der Waals surface area contributed by atoms with E-state index in [0.717, 1.165) is 31.0 Å². The molecule has 3 nitrogen and oxygen atoms in total. The first-order valence-corrected chi connectivity index (χ1v) is 7.79. The second-order valence-electron chi connectivity index (χ2n) is 5.20. The predicted octanol–water partition coefficient (Wildman–Crippen LogP) is 4.72. The van der Waals surface area contributed by atoms with E-state index in [0.29, 0.717) is 4.90 Å². The van der Waals surface area contributed by atoms with Crippen LogP contribution in [0.4, 0.5) is 32.0 Å². The van der Waals surface area contributed by atoms with Crippen molar-refractivity contribution in [3.05, 3.63) is 17.7 Å². The molecule has 0 aliphatic carbocycles. The quantitative estimate of drug-likeness (QED) is 0.780. The van der Waals surface area contributed by atoms with Crippen LogP contribution in [-0.4, -0.2) is 24.9 Å². The minimum atomic E-state index is -4.68. The maximum absolute atomic E-state index is 13.0. The van der Waals surface area contributed by atoms with Crippen LogP contribution in [0.5, 0.6) is 5.75 Å². The Kier molecular flexibility index (Phi) is 5.26. The Morgan fingerprint density at radius 3 is 2.46 bits per heavy atom. The van der Waals surface area contributed by atoms with Crippen LogP contribution in [0.3, 0.4) is 0 Å². The van der Waals surface area contributed by atoms with Crippen molar-refractivity contribution in [1.82, 2.24) is 0 Å². The molecule has 0 bridgehead atoms. The van der Waals surface area contributed by atoms with Gasteiger partial charge in [0.05, 0.1) is 18.4 Å². The minimum Gasteiger partial charge on any atom is -0.496 e. The van der Waals surface area contributed by atoms with Gasteiger partial charge < -0.3 is 10.1 Å². The normalized spacial score (nSPS) is 18.6. The Labute approximate surface area is 137 Å². The molecule has 0 saturated carbocycles. The fourth-order valence-electron chi connectivity index (χ4n) is 2.22. The Morgan fingerprint density at radius 1 is 1.25 bits per heavy atom. The number of benzene rings is 1. The zero-order chi connectivity index (χ0) is 18.1. The van der Waals surface area contributed by atoms with Crippen molar-refractivity contribution >= 4 is 23.4 Å². The fourth-order valence-corrected chi connectivity index (χ4v) is 3.38. The van der Waals surface area contributed by atoms with Crippen LogP contribution in [0.15, 0.2) is 17.0 Å². The van der Waals surface area contributed by atoms with Gasteiger partial charge in [-0.2, -0.15) is 26.3 Å². The number of halogens is 6. The van der Waals surface area contributed by atoms with Gasteiger partial charge in [0.25, 0.3) is 0 Å². The molecular weight excluding hydrogens is 360 g/mol. The molecule has 0 radical (unpaired) electrons. The first kappa shape index (κ1) is 18.8. The number of thioether (sulfide) groups is 1. The third-order valence-electron chi connectivity index (χ3n) is 3.45.